The number of allylic oxidation sites excluding steroid dienone is 2. The molecule has 4 aromatic rings. The highest BCUT2D eigenvalue weighted by Gasteiger charge is 2.30. The SMILES string of the molecule is COc1ccc(C2C(C(C)=O)=C(C)N=c3s/c(=C\c4ccc(-c5cc([N+](=O)[O-])ccc5Cl)o4)c(=O)n32)cc1. The smallest absolute Gasteiger partial charge is 0.271 e. The molecular weight excluding hydrogens is 530 g/mol. The van der Waals surface area contributed by atoms with E-state index >= 15 is 0 Å². The number of nitrogens with zero attached hydrogens (tertiary/aromatic N) is 3. The minimum Gasteiger partial charge on any atom is -0.497 e. The van der Waals surface area contributed by atoms with Gasteiger partial charge >= 0.3 is 0 Å². The molecule has 38 heavy (non-hydrogen) atoms. The maximum atomic E-state index is 13.6. The van der Waals surface area contributed by atoms with Gasteiger partial charge in [0, 0.05) is 35.0 Å². The van der Waals surface area contributed by atoms with Crippen molar-refractivity contribution in [3.05, 3.63) is 112 Å². The van der Waals surface area contributed by atoms with E-state index in [4.69, 9.17) is 20.8 Å². The maximum Gasteiger partial charge on any atom is 0.271 e. The second kappa shape index (κ2) is 9.88. The summed E-state index contributed by atoms with van der Waals surface area (Å²) in [4.78, 5) is 41.9. The van der Waals surface area contributed by atoms with E-state index in [1.54, 1.807) is 44.4 Å². The first-order valence-corrected chi connectivity index (χ1v) is 12.6. The van der Waals surface area contributed by atoms with Gasteiger partial charge in [-0.2, -0.15) is 0 Å². The molecule has 2 aromatic heterocycles. The zero-order valence-electron chi connectivity index (χ0n) is 20.4. The molecule has 1 atom stereocenters. The lowest BCUT2D eigenvalue weighted by Crippen LogP contribution is -2.39. The van der Waals surface area contributed by atoms with Crippen molar-refractivity contribution >= 4 is 40.5 Å². The molecule has 2 aromatic carbocycles. The molecule has 0 fully saturated rings. The van der Waals surface area contributed by atoms with Crippen molar-refractivity contribution in [2.45, 2.75) is 19.9 Å². The van der Waals surface area contributed by atoms with Crippen LogP contribution in [0.4, 0.5) is 5.69 Å². The number of furan rings is 1. The van der Waals surface area contributed by atoms with Crippen molar-refractivity contribution in [3.63, 3.8) is 0 Å². The number of hydrogen-bond donors (Lipinski definition) is 0. The van der Waals surface area contributed by atoms with E-state index < -0.39 is 11.0 Å². The Balaban J connectivity index is 1.62. The molecule has 0 saturated carbocycles. The molecule has 0 radical (unpaired) electrons. The largest absolute Gasteiger partial charge is 0.497 e. The van der Waals surface area contributed by atoms with E-state index in [-0.39, 0.29) is 17.0 Å². The van der Waals surface area contributed by atoms with E-state index in [0.717, 1.165) is 5.56 Å². The van der Waals surface area contributed by atoms with Gasteiger partial charge in [-0.3, -0.25) is 24.3 Å². The number of benzene rings is 2. The second-order valence-electron chi connectivity index (χ2n) is 8.53. The molecule has 0 saturated heterocycles. The van der Waals surface area contributed by atoms with Crippen LogP contribution in [0.2, 0.25) is 5.02 Å². The maximum absolute atomic E-state index is 13.6. The van der Waals surface area contributed by atoms with Crippen LogP contribution in [0.25, 0.3) is 17.4 Å². The third-order valence-corrected chi connectivity index (χ3v) is 7.47. The fourth-order valence-electron chi connectivity index (χ4n) is 4.39. The number of Topliss-reactive ketones (excluding diaryl/α,β-unsaturated/α-hetero) is 1. The number of carbonyl (C=O) groups is 1. The summed E-state index contributed by atoms with van der Waals surface area (Å²) in [7, 11) is 1.57. The Kier molecular flexibility index (Phi) is 6.60. The molecular formula is C27H20ClN3O6S. The summed E-state index contributed by atoms with van der Waals surface area (Å²) in [5.41, 5.74) is 1.65. The number of non-ortho nitro benzene ring substituents is 1. The fraction of sp³-hybridized carbons (Fsp3) is 0.148. The van der Waals surface area contributed by atoms with Crippen LogP contribution in [0.1, 0.15) is 31.2 Å². The molecule has 192 valence electrons. The van der Waals surface area contributed by atoms with Crippen LogP contribution in [-0.2, 0) is 4.79 Å². The summed E-state index contributed by atoms with van der Waals surface area (Å²) in [6.45, 7) is 3.22. The quantitative estimate of drug-likeness (QED) is 0.255. The second-order valence-corrected chi connectivity index (χ2v) is 9.95. The number of rotatable bonds is 6. The zero-order chi connectivity index (χ0) is 27.1. The van der Waals surface area contributed by atoms with Crippen LogP contribution >= 0.6 is 22.9 Å². The lowest BCUT2D eigenvalue weighted by molar-refractivity contribution is -0.384. The summed E-state index contributed by atoms with van der Waals surface area (Å²) in [5, 5.41) is 11.5. The number of ether oxygens (including phenoxy) is 1. The Morgan fingerprint density at radius 2 is 1.95 bits per heavy atom. The monoisotopic (exact) mass is 549 g/mol. The van der Waals surface area contributed by atoms with Gasteiger partial charge in [0.15, 0.2) is 10.6 Å². The van der Waals surface area contributed by atoms with Crippen LogP contribution in [0, 0.1) is 10.1 Å². The van der Waals surface area contributed by atoms with E-state index in [9.17, 15) is 19.7 Å². The van der Waals surface area contributed by atoms with Crippen molar-refractivity contribution in [2.24, 2.45) is 4.99 Å². The predicted octanol–water partition coefficient (Wildman–Crippen LogP) is 4.65. The molecule has 0 N–H and O–H groups in total. The molecule has 3 heterocycles. The minimum absolute atomic E-state index is 0.120. The first-order chi connectivity index (χ1) is 18.2. The lowest BCUT2D eigenvalue weighted by Gasteiger charge is -2.24. The molecule has 0 spiro atoms. The Morgan fingerprint density at radius 1 is 1.21 bits per heavy atom. The van der Waals surface area contributed by atoms with Gasteiger partial charge in [-0.05, 0) is 49.7 Å². The van der Waals surface area contributed by atoms with Gasteiger partial charge in [-0.1, -0.05) is 35.1 Å². The number of aromatic nitrogens is 1. The molecule has 0 bridgehead atoms. The van der Waals surface area contributed by atoms with Gasteiger partial charge < -0.3 is 9.15 Å². The highest BCUT2D eigenvalue weighted by atomic mass is 35.5. The summed E-state index contributed by atoms with van der Waals surface area (Å²) in [6.07, 6.45) is 1.58. The Morgan fingerprint density at radius 3 is 2.61 bits per heavy atom. The molecule has 1 aliphatic rings. The van der Waals surface area contributed by atoms with Crippen molar-refractivity contribution in [2.75, 3.05) is 7.11 Å². The molecule has 5 rings (SSSR count). The summed E-state index contributed by atoms with van der Waals surface area (Å²) < 4.78 is 13.0. The van der Waals surface area contributed by atoms with Gasteiger partial charge in [0.05, 0.1) is 27.6 Å². The van der Waals surface area contributed by atoms with Gasteiger partial charge in [0.25, 0.3) is 11.2 Å². The highest BCUT2D eigenvalue weighted by Crippen LogP contribution is 2.33. The van der Waals surface area contributed by atoms with Crippen molar-refractivity contribution in [3.8, 4) is 17.1 Å². The minimum atomic E-state index is -0.646. The average molecular weight is 550 g/mol. The highest BCUT2D eigenvalue weighted by molar-refractivity contribution is 7.07. The number of hydrogen-bond acceptors (Lipinski definition) is 8. The third-order valence-electron chi connectivity index (χ3n) is 6.16. The number of nitro groups is 1. The van der Waals surface area contributed by atoms with Crippen LogP contribution in [0.5, 0.6) is 5.75 Å². The Labute approximate surface area is 224 Å². The molecule has 0 amide bonds. The standard InChI is InChI=1S/C27H20ClN3O6S/c1-14-24(15(2)32)25(16-4-7-18(36-3)8-5-16)30-26(33)23(38-27(30)29-14)13-19-9-11-22(37-19)20-12-17(31(34)35)6-10-21(20)28/h4-13,25H,1-3H3/b23-13-. The average Bonchev–Trinajstić information content (AvgIpc) is 3.47. The van der Waals surface area contributed by atoms with E-state index in [1.807, 2.05) is 12.1 Å². The Bertz CT molecular complexity index is 1810. The number of carbonyl (C=O) groups excluding carboxylic acids is 1. The van der Waals surface area contributed by atoms with Gasteiger partial charge in [0.1, 0.15) is 17.3 Å². The topological polar surface area (TPSA) is 117 Å². The predicted molar refractivity (Wildman–Crippen MR) is 143 cm³/mol. The lowest BCUT2D eigenvalue weighted by atomic mass is 9.93. The fourth-order valence-corrected chi connectivity index (χ4v) is 5.63. The van der Waals surface area contributed by atoms with Gasteiger partial charge in [-0.25, -0.2) is 4.99 Å². The third kappa shape index (κ3) is 4.48. The molecule has 1 unspecified atom stereocenters. The molecule has 0 aliphatic carbocycles. The number of thiazole rings is 1. The van der Waals surface area contributed by atoms with Crippen molar-refractivity contribution < 1.29 is 18.9 Å². The Hall–Kier alpha value is -4.28. The number of methoxy groups -OCH3 is 1. The van der Waals surface area contributed by atoms with Crippen LogP contribution in [0.3, 0.4) is 0 Å². The number of fused-ring (bicyclic) bond motifs is 1. The molecule has 11 heteroatoms. The number of nitro benzene ring substituents is 1. The zero-order valence-corrected chi connectivity index (χ0v) is 22.0. The van der Waals surface area contributed by atoms with Crippen LogP contribution in [0.15, 0.2) is 80.1 Å². The summed E-state index contributed by atoms with van der Waals surface area (Å²) >= 11 is 7.43. The van der Waals surface area contributed by atoms with Crippen molar-refractivity contribution in [1.29, 1.82) is 0 Å². The normalized spacial score (nSPS) is 15.3. The van der Waals surface area contributed by atoms with Crippen LogP contribution < -0.4 is 19.6 Å². The summed E-state index contributed by atoms with van der Waals surface area (Å²) in [5.74, 6) is 1.16. The first-order valence-electron chi connectivity index (χ1n) is 11.4. The summed E-state index contributed by atoms with van der Waals surface area (Å²) in [6, 6.07) is 13.9. The van der Waals surface area contributed by atoms with E-state index in [1.165, 1.54) is 41.0 Å². The van der Waals surface area contributed by atoms with E-state index in [0.29, 0.717) is 48.5 Å². The number of ketones is 1. The van der Waals surface area contributed by atoms with E-state index in [2.05, 4.69) is 4.99 Å². The molecule has 9 nitrogen and oxygen atoms in total. The first kappa shape index (κ1) is 25.4. The molecule has 1 aliphatic heterocycles. The van der Waals surface area contributed by atoms with Gasteiger partial charge in [-0.15, -0.1) is 0 Å². The van der Waals surface area contributed by atoms with Crippen LogP contribution in [-0.4, -0.2) is 22.4 Å². The van der Waals surface area contributed by atoms with Gasteiger partial charge in [0.2, 0.25) is 0 Å². The van der Waals surface area contributed by atoms with Crippen molar-refractivity contribution in [1.82, 2.24) is 4.57 Å². The number of halogens is 1.